The lowest BCUT2D eigenvalue weighted by Crippen LogP contribution is -2.56. The van der Waals surface area contributed by atoms with E-state index in [9.17, 15) is 36.4 Å². The van der Waals surface area contributed by atoms with Gasteiger partial charge in [-0.2, -0.15) is 0 Å². The zero-order valence-electron chi connectivity index (χ0n) is 28.9. The van der Waals surface area contributed by atoms with Crippen molar-refractivity contribution in [3.8, 4) is 0 Å². The van der Waals surface area contributed by atoms with E-state index in [4.69, 9.17) is 4.74 Å². The largest absolute Gasteiger partial charge is 0.444 e. The molecule has 2 N–H and O–H groups in total. The van der Waals surface area contributed by atoms with Crippen LogP contribution in [0.15, 0.2) is 67.8 Å². The Labute approximate surface area is 302 Å². The Bertz CT molecular complexity index is 1850. The third kappa shape index (κ3) is 7.76. The quantitative estimate of drug-likeness (QED) is 0.189. The molecule has 11 nitrogen and oxygen atoms in total. The van der Waals surface area contributed by atoms with Crippen LogP contribution in [0.25, 0.3) is 0 Å². The predicted octanol–water partition coefficient (Wildman–Crippen LogP) is 5.17. The maximum Gasteiger partial charge on any atom is 0.410 e. The number of unbranched alkanes of at least 4 members (excludes halogenated alkanes) is 3. The molecular formula is C38H44F2N4O7S. The average Bonchev–Trinajstić information content (AvgIpc) is 4.02. The third-order valence-corrected chi connectivity index (χ3v) is 12.6. The number of benzene rings is 2. The Morgan fingerprint density at radius 3 is 2.42 bits per heavy atom. The van der Waals surface area contributed by atoms with Crippen LogP contribution in [0, 0.1) is 17.6 Å². The number of anilines is 1. The van der Waals surface area contributed by atoms with Crippen LogP contribution in [0.1, 0.15) is 68.9 Å². The van der Waals surface area contributed by atoms with E-state index in [1.165, 1.54) is 46.2 Å². The van der Waals surface area contributed by atoms with Crippen LogP contribution in [-0.4, -0.2) is 76.8 Å². The van der Waals surface area contributed by atoms with E-state index < -0.39 is 79.4 Å². The highest BCUT2D eigenvalue weighted by Gasteiger charge is 2.65. The molecule has 52 heavy (non-hydrogen) atoms. The Balaban J connectivity index is 1.24. The number of hydrogen-bond acceptors (Lipinski definition) is 8. The molecule has 2 aliphatic heterocycles. The standard InChI is InChI=1S/C38H44F2N4O7S/c1-3-5-6-7-8-12-32(41-27-15-13-26(39)14-16-27)35(46)44-22-28(51-37(48)43-21-24-10-9-11-31(40)30(24)23-43)19-33(44)34(45)42-38(20-25(38)4-2)36(47)52(49,50)29-17-18-29/h3-4,9-11,13-16,25,28-29,32-33,41H,1-2,5-8,12,17-23H2,(H,42,45)/t25-,28+,32-,33+,38+/m0/s1. The summed E-state index contributed by atoms with van der Waals surface area (Å²) in [5, 5.41) is 4.04. The summed E-state index contributed by atoms with van der Waals surface area (Å²) in [6.45, 7) is 7.43. The highest BCUT2D eigenvalue weighted by Crippen LogP contribution is 2.48. The Hall–Kier alpha value is -4.59. The minimum Gasteiger partial charge on any atom is -0.444 e. The number of halogens is 2. The molecule has 2 heterocycles. The molecule has 2 aromatic rings. The number of rotatable bonds is 15. The molecule has 2 aromatic carbocycles. The van der Waals surface area contributed by atoms with Gasteiger partial charge in [-0.3, -0.25) is 19.3 Å². The molecule has 3 amide bonds. The van der Waals surface area contributed by atoms with Gasteiger partial charge in [0.2, 0.25) is 21.7 Å². The van der Waals surface area contributed by atoms with Crippen LogP contribution in [0.5, 0.6) is 0 Å². The van der Waals surface area contributed by atoms with Gasteiger partial charge in [-0.1, -0.05) is 37.1 Å². The minimum atomic E-state index is -4.16. The van der Waals surface area contributed by atoms with Gasteiger partial charge in [-0.25, -0.2) is 22.0 Å². The zero-order valence-corrected chi connectivity index (χ0v) is 29.7. The van der Waals surface area contributed by atoms with Crippen molar-refractivity contribution in [2.75, 3.05) is 11.9 Å². The van der Waals surface area contributed by atoms with E-state index in [0.29, 0.717) is 42.5 Å². The smallest absolute Gasteiger partial charge is 0.410 e. The maximum absolute atomic E-state index is 14.4. The first kappa shape index (κ1) is 37.2. The van der Waals surface area contributed by atoms with Gasteiger partial charge in [0.05, 0.1) is 18.3 Å². The van der Waals surface area contributed by atoms with Crippen molar-refractivity contribution in [2.45, 2.75) is 99.9 Å². The Morgan fingerprint density at radius 2 is 1.77 bits per heavy atom. The molecule has 2 aliphatic carbocycles. The number of nitrogens with zero attached hydrogens (tertiary/aromatic N) is 2. The molecule has 2 saturated carbocycles. The number of nitrogens with one attached hydrogen (secondary N) is 2. The van der Waals surface area contributed by atoms with E-state index in [1.807, 2.05) is 6.08 Å². The van der Waals surface area contributed by atoms with Crippen molar-refractivity contribution in [3.05, 3.63) is 90.5 Å². The molecule has 0 unspecified atom stereocenters. The van der Waals surface area contributed by atoms with Gasteiger partial charge >= 0.3 is 6.09 Å². The fourth-order valence-electron chi connectivity index (χ4n) is 7.21. The number of likely N-dealkylation sites (tertiary alicyclic amines) is 1. The van der Waals surface area contributed by atoms with Gasteiger partial charge < -0.3 is 20.3 Å². The fraction of sp³-hybridized carbons (Fsp3) is 0.474. The molecule has 1 saturated heterocycles. The summed E-state index contributed by atoms with van der Waals surface area (Å²) in [5.41, 5.74) is -0.180. The molecule has 3 fully saturated rings. The predicted molar refractivity (Wildman–Crippen MR) is 189 cm³/mol. The second-order valence-corrected chi connectivity index (χ2v) is 16.3. The number of hydrogen-bond donors (Lipinski definition) is 2. The van der Waals surface area contributed by atoms with Gasteiger partial charge in [0.25, 0.3) is 5.12 Å². The highest BCUT2D eigenvalue weighted by molar-refractivity contribution is 8.07. The summed E-state index contributed by atoms with van der Waals surface area (Å²) < 4.78 is 60.1. The monoisotopic (exact) mass is 738 g/mol. The summed E-state index contributed by atoms with van der Waals surface area (Å²) in [6.07, 6.45) is 5.72. The van der Waals surface area contributed by atoms with Crippen molar-refractivity contribution in [1.29, 1.82) is 0 Å². The van der Waals surface area contributed by atoms with Crippen molar-refractivity contribution in [3.63, 3.8) is 0 Å². The Kier molecular flexibility index (Phi) is 10.8. The van der Waals surface area contributed by atoms with E-state index in [1.54, 1.807) is 12.1 Å². The van der Waals surface area contributed by atoms with Crippen LogP contribution in [-0.2, 0) is 42.0 Å². The summed E-state index contributed by atoms with van der Waals surface area (Å²) in [6, 6.07) is 8.04. The molecule has 0 spiro atoms. The van der Waals surface area contributed by atoms with E-state index in [-0.39, 0.29) is 32.5 Å². The van der Waals surface area contributed by atoms with Crippen molar-refractivity contribution in [2.24, 2.45) is 5.92 Å². The van der Waals surface area contributed by atoms with Crippen LogP contribution >= 0.6 is 0 Å². The minimum absolute atomic E-state index is 0.00131. The normalized spacial score (nSPS) is 24.1. The highest BCUT2D eigenvalue weighted by atomic mass is 32.2. The van der Waals surface area contributed by atoms with E-state index in [0.717, 1.165) is 19.3 Å². The lowest BCUT2D eigenvalue weighted by atomic mass is 10.0. The van der Waals surface area contributed by atoms with Gasteiger partial charge in [-0.05, 0) is 74.4 Å². The molecule has 4 aliphatic rings. The number of ether oxygens (including phenoxy) is 1. The molecule has 14 heteroatoms. The van der Waals surface area contributed by atoms with Gasteiger partial charge in [0.1, 0.15) is 35.4 Å². The van der Waals surface area contributed by atoms with Crippen molar-refractivity contribution >= 4 is 38.5 Å². The number of carbonyl (C=O) groups excluding carboxylic acids is 4. The molecule has 0 aromatic heterocycles. The number of sulfone groups is 1. The van der Waals surface area contributed by atoms with Crippen molar-refractivity contribution in [1.82, 2.24) is 15.1 Å². The number of amides is 3. The molecular weight excluding hydrogens is 695 g/mol. The second-order valence-electron chi connectivity index (χ2n) is 14.2. The van der Waals surface area contributed by atoms with Crippen LogP contribution in [0.2, 0.25) is 0 Å². The summed E-state index contributed by atoms with van der Waals surface area (Å²) in [5.74, 6) is -2.73. The molecule has 0 radical (unpaired) electrons. The molecule has 6 rings (SSSR count). The maximum atomic E-state index is 14.4. The second kappa shape index (κ2) is 15.2. The van der Waals surface area contributed by atoms with Gasteiger partial charge in [0.15, 0.2) is 0 Å². The topological polar surface area (TPSA) is 142 Å². The van der Waals surface area contributed by atoms with E-state index in [2.05, 4.69) is 23.8 Å². The average molecular weight is 739 g/mol. The first-order chi connectivity index (χ1) is 24.9. The van der Waals surface area contributed by atoms with Gasteiger partial charge in [-0.15, -0.1) is 13.2 Å². The first-order valence-electron chi connectivity index (χ1n) is 17.8. The number of allylic oxidation sites excluding steroid dienone is 1. The third-order valence-electron chi connectivity index (χ3n) is 10.4. The lowest BCUT2D eigenvalue weighted by Gasteiger charge is -2.30. The number of carbonyl (C=O) groups is 4. The zero-order chi connectivity index (χ0) is 37.2. The van der Waals surface area contributed by atoms with Gasteiger partial charge in [0, 0.05) is 30.1 Å². The number of fused-ring (bicyclic) bond motifs is 1. The SMILES string of the molecule is C=CCCCCC[C@H](Nc1ccc(F)cc1)C(=O)N1C[C@H](OC(=O)N2Cc3cccc(F)c3C2)C[C@@H]1C(=O)N[C@]1(C(=O)S(=O)(=O)C2CC2)C[C@@H]1C=C. The van der Waals surface area contributed by atoms with E-state index >= 15 is 0 Å². The molecule has 0 bridgehead atoms. The lowest BCUT2D eigenvalue weighted by molar-refractivity contribution is -0.140. The summed E-state index contributed by atoms with van der Waals surface area (Å²) in [4.78, 5) is 58.1. The summed E-state index contributed by atoms with van der Waals surface area (Å²) in [7, 11) is -4.16. The van der Waals surface area contributed by atoms with Crippen LogP contribution < -0.4 is 10.6 Å². The van der Waals surface area contributed by atoms with Crippen LogP contribution in [0.3, 0.4) is 0 Å². The van der Waals surface area contributed by atoms with Crippen LogP contribution in [0.4, 0.5) is 19.3 Å². The summed E-state index contributed by atoms with van der Waals surface area (Å²) >= 11 is 0. The Morgan fingerprint density at radius 1 is 1.02 bits per heavy atom. The first-order valence-corrected chi connectivity index (χ1v) is 19.3. The molecule has 5 atom stereocenters. The van der Waals surface area contributed by atoms with Crippen molar-refractivity contribution < 1.29 is 41.1 Å². The molecule has 278 valence electrons. The fourth-order valence-corrected chi connectivity index (χ4v) is 9.06.